The molecule has 1 aliphatic heterocycles. The second kappa shape index (κ2) is 8.71. The van der Waals surface area contributed by atoms with Gasteiger partial charge in [-0.25, -0.2) is 0 Å². The second-order valence-electron chi connectivity index (χ2n) is 5.87. The van der Waals surface area contributed by atoms with Crippen LogP contribution in [0.15, 0.2) is 48.5 Å². The van der Waals surface area contributed by atoms with Crippen molar-refractivity contribution in [3.05, 3.63) is 65.2 Å². The lowest BCUT2D eigenvalue weighted by atomic mass is 10.1. The largest absolute Gasteiger partial charge is 0.488 e. The van der Waals surface area contributed by atoms with E-state index in [1.807, 2.05) is 42.5 Å². The summed E-state index contributed by atoms with van der Waals surface area (Å²) in [6, 6.07) is 15.7. The lowest BCUT2D eigenvalue weighted by Gasteiger charge is -2.15. The molecule has 24 heavy (non-hydrogen) atoms. The van der Waals surface area contributed by atoms with E-state index in [2.05, 4.69) is 23.6 Å². The van der Waals surface area contributed by atoms with Crippen LogP contribution < -0.4 is 15.4 Å². The summed E-state index contributed by atoms with van der Waals surface area (Å²) >= 11 is 0. The number of amides is 1. The first-order chi connectivity index (χ1) is 11.2. The van der Waals surface area contributed by atoms with E-state index in [4.69, 9.17) is 4.74 Å². The van der Waals surface area contributed by atoms with Gasteiger partial charge >= 0.3 is 0 Å². The van der Waals surface area contributed by atoms with Gasteiger partial charge in [-0.05, 0) is 43.1 Å². The van der Waals surface area contributed by atoms with E-state index in [1.54, 1.807) is 0 Å². The van der Waals surface area contributed by atoms with E-state index in [1.165, 1.54) is 5.56 Å². The number of carbonyl (C=O) groups excluding carboxylic acids is 1. The second-order valence-corrected chi connectivity index (χ2v) is 5.87. The molecule has 1 unspecified atom stereocenters. The van der Waals surface area contributed by atoms with Gasteiger partial charge in [-0.3, -0.25) is 4.79 Å². The van der Waals surface area contributed by atoms with Crippen LogP contribution in [0.4, 0.5) is 0 Å². The van der Waals surface area contributed by atoms with Crippen LogP contribution in [-0.4, -0.2) is 25.0 Å². The summed E-state index contributed by atoms with van der Waals surface area (Å²) in [7, 11) is 0. The Hall–Kier alpha value is -2.04. The van der Waals surface area contributed by atoms with Gasteiger partial charge in [0.15, 0.2) is 0 Å². The Morgan fingerprint density at radius 3 is 2.71 bits per heavy atom. The number of aryl methyl sites for hydroxylation is 1. The quantitative estimate of drug-likeness (QED) is 0.874. The van der Waals surface area contributed by atoms with E-state index in [0.29, 0.717) is 17.9 Å². The predicted molar refractivity (Wildman–Crippen MR) is 97.9 cm³/mol. The summed E-state index contributed by atoms with van der Waals surface area (Å²) in [6.45, 7) is 4.31. The minimum Gasteiger partial charge on any atom is -0.488 e. The molecule has 0 saturated carbocycles. The topological polar surface area (TPSA) is 50.4 Å². The van der Waals surface area contributed by atoms with E-state index < -0.39 is 0 Å². The molecule has 0 aromatic heterocycles. The Bertz CT molecular complexity index is 685. The van der Waals surface area contributed by atoms with Gasteiger partial charge in [0, 0.05) is 12.6 Å². The number of para-hydroxylation sites is 1. The van der Waals surface area contributed by atoms with Crippen molar-refractivity contribution >= 4 is 18.3 Å². The van der Waals surface area contributed by atoms with Crippen molar-refractivity contribution in [3.63, 3.8) is 0 Å². The van der Waals surface area contributed by atoms with Crippen LogP contribution in [0.5, 0.6) is 5.75 Å². The maximum atomic E-state index is 12.5. The molecule has 2 aromatic carbocycles. The number of nitrogens with one attached hydrogen (secondary N) is 2. The standard InChI is InChI=1S/C19H22N2O2.ClH/c1-14-6-2-3-7-15(14)13-23-18-9-5-4-8-17(18)19(22)21-16-10-11-20-12-16;/h2-9,16,20H,10-13H2,1H3,(H,21,22);1H. The molecule has 2 N–H and O–H groups in total. The molecule has 0 spiro atoms. The van der Waals surface area contributed by atoms with Crippen molar-refractivity contribution in [2.75, 3.05) is 13.1 Å². The van der Waals surface area contributed by atoms with Crippen molar-refractivity contribution in [2.45, 2.75) is 26.0 Å². The molecule has 0 radical (unpaired) electrons. The third kappa shape index (κ3) is 4.49. The highest BCUT2D eigenvalue weighted by molar-refractivity contribution is 5.97. The number of benzene rings is 2. The van der Waals surface area contributed by atoms with Gasteiger partial charge in [0.1, 0.15) is 12.4 Å². The molecule has 1 fully saturated rings. The molecule has 1 heterocycles. The van der Waals surface area contributed by atoms with E-state index in [0.717, 1.165) is 25.1 Å². The number of hydrogen-bond acceptors (Lipinski definition) is 3. The first-order valence-corrected chi connectivity index (χ1v) is 8.02. The van der Waals surface area contributed by atoms with Crippen LogP contribution in [0.25, 0.3) is 0 Å². The maximum Gasteiger partial charge on any atom is 0.255 e. The average Bonchev–Trinajstić information content (AvgIpc) is 3.07. The molecular weight excluding hydrogens is 324 g/mol. The van der Waals surface area contributed by atoms with Crippen LogP contribution >= 0.6 is 12.4 Å². The highest BCUT2D eigenvalue weighted by Crippen LogP contribution is 2.20. The van der Waals surface area contributed by atoms with Crippen molar-refractivity contribution < 1.29 is 9.53 Å². The van der Waals surface area contributed by atoms with E-state index in [9.17, 15) is 4.79 Å². The molecule has 0 bridgehead atoms. The Labute approximate surface area is 149 Å². The Morgan fingerprint density at radius 2 is 1.96 bits per heavy atom. The summed E-state index contributed by atoms with van der Waals surface area (Å²) in [4.78, 5) is 12.5. The van der Waals surface area contributed by atoms with E-state index in [-0.39, 0.29) is 24.4 Å². The Morgan fingerprint density at radius 1 is 1.21 bits per heavy atom. The van der Waals surface area contributed by atoms with E-state index >= 15 is 0 Å². The first kappa shape index (κ1) is 18.3. The van der Waals surface area contributed by atoms with Crippen LogP contribution in [-0.2, 0) is 6.61 Å². The SMILES string of the molecule is Cc1ccccc1COc1ccccc1C(=O)NC1CCNC1.Cl. The number of carbonyl (C=O) groups is 1. The van der Waals surface area contributed by atoms with Crippen LogP contribution in [0.2, 0.25) is 0 Å². The Balaban J connectivity index is 0.00000208. The summed E-state index contributed by atoms with van der Waals surface area (Å²) in [5.74, 6) is 0.554. The molecular formula is C19H23ClN2O2. The van der Waals surface area contributed by atoms with Gasteiger partial charge in [-0.15, -0.1) is 12.4 Å². The molecule has 1 saturated heterocycles. The number of rotatable bonds is 5. The molecule has 1 amide bonds. The first-order valence-electron chi connectivity index (χ1n) is 8.02. The van der Waals surface area contributed by atoms with Crippen LogP contribution in [0.3, 0.4) is 0 Å². The van der Waals surface area contributed by atoms with Gasteiger partial charge in [-0.2, -0.15) is 0 Å². The number of halogens is 1. The van der Waals surface area contributed by atoms with Gasteiger partial charge in [0.25, 0.3) is 5.91 Å². The average molecular weight is 347 g/mol. The van der Waals surface area contributed by atoms with Crippen molar-refractivity contribution in [1.29, 1.82) is 0 Å². The molecule has 2 aromatic rings. The monoisotopic (exact) mass is 346 g/mol. The highest BCUT2D eigenvalue weighted by atomic mass is 35.5. The van der Waals surface area contributed by atoms with Crippen molar-refractivity contribution in [1.82, 2.24) is 10.6 Å². The molecule has 4 nitrogen and oxygen atoms in total. The maximum absolute atomic E-state index is 12.5. The smallest absolute Gasteiger partial charge is 0.255 e. The van der Waals surface area contributed by atoms with Gasteiger partial charge < -0.3 is 15.4 Å². The molecule has 0 aliphatic carbocycles. The van der Waals surface area contributed by atoms with Crippen LogP contribution in [0, 0.1) is 6.92 Å². The molecule has 1 aliphatic rings. The lowest BCUT2D eigenvalue weighted by molar-refractivity contribution is 0.0935. The normalized spacial score (nSPS) is 16.3. The third-order valence-electron chi connectivity index (χ3n) is 4.17. The predicted octanol–water partition coefficient (Wildman–Crippen LogP) is 3.09. The number of ether oxygens (including phenoxy) is 1. The van der Waals surface area contributed by atoms with Crippen LogP contribution in [0.1, 0.15) is 27.9 Å². The van der Waals surface area contributed by atoms with Crippen molar-refractivity contribution in [2.24, 2.45) is 0 Å². The minimum atomic E-state index is -0.0703. The third-order valence-corrected chi connectivity index (χ3v) is 4.17. The molecule has 128 valence electrons. The zero-order chi connectivity index (χ0) is 16.1. The van der Waals surface area contributed by atoms with Crippen molar-refractivity contribution in [3.8, 4) is 5.75 Å². The molecule has 5 heteroatoms. The van der Waals surface area contributed by atoms with Gasteiger partial charge in [0.05, 0.1) is 5.56 Å². The zero-order valence-electron chi connectivity index (χ0n) is 13.7. The summed E-state index contributed by atoms with van der Waals surface area (Å²) in [5.41, 5.74) is 2.90. The summed E-state index contributed by atoms with van der Waals surface area (Å²) in [5, 5.41) is 6.31. The molecule has 1 atom stereocenters. The minimum absolute atomic E-state index is 0. The van der Waals surface area contributed by atoms with Gasteiger partial charge in [0.2, 0.25) is 0 Å². The van der Waals surface area contributed by atoms with Gasteiger partial charge in [-0.1, -0.05) is 36.4 Å². The molecule has 3 rings (SSSR count). The Kier molecular flexibility index (Phi) is 6.64. The summed E-state index contributed by atoms with van der Waals surface area (Å²) in [6.07, 6.45) is 0.970. The summed E-state index contributed by atoms with van der Waals surface area (Å²) < 4.78 is 5.91. The highest BCUT2D eigenvalue weighted by Gasteiger charge is 2.19. The fraction of sp³-hybridized carbons (Fsp3) is 0.316. The fourth-order valence-corrected chi connectivity index (χ4v) is 2.75. The zero-order valence-corrected chi connectivity index (χ0v) is 14.6. The number of hydrogen-bond donors (Lipinski definition) is 2. The lowest BCUT2D eigenvalue weighted by Crippen LogP contribution is -2.36. The fourth-order valence-electron chi connectivity index (χ4n) is 2.75.